The van der Waals surface area contributed by atoms with Gasteiger partial charge in [0.15, 0.2) is 11.5 Å². The van der Waals surface area contributed by atoms with Crippen molar-refractivity contribution in [3.8, 4) is 11.5 Å². The van der Waals surface area contributed by atoms with Crippen LogP contribution in [0.3, 0.4) is 0 Å². The molecule has 1 saturated carbocycles. The van der Waals surface area contributed by atoms with Gasteiger partial charge >= 0.3 is 6.03 Å². The van der Waals surface area contributed by atoms with E-state index in [-0.39, 0.29) is 23.5 Å². The van der Waals surface area contributed by atoms with Gasteiger partial charge in [-0.1, -0.05) is 6.07 Å². The number of ether oxygens (including phenoxy) is 1. The van der Waals surface area contributed by atoms with E-state index in [1.165, 1.54) is 37.4 Å². The van der Waals surface area contributed by atoms with Crippen LogP contribution in [-0.4, -0.2) is 34.1 Å². The third kappa shape index (κ3) is 4.02. The first-order chi connectivity index (χ1) is 12.5. The van der Waals surface area contributed by atoms with Crippen LogP contribution in [0.1, 0.15) is 18.4 Å². The normalized spacial score (nSPS) is 13.1. The Hall–Kier alpha value is -3.29. The lowest BCUT2D eigenvalue weighted by Gasteiger charge is -2.23. The molecule has 2 aromatic carbocycles. The standard InChI is InChI=1S/C18H19N3O5/c1-26-17-10-12(2-9-16(17)22)11-20(14-7-8-14)18(23)19-13-3-5-15(6-4-13)21(24)25/h2-6,9-10,14,22H,7-8,11H2,1H3,(H,19,23). The van der Waals surface area contributed by atoms with Crippen LogP contribution in [0.4, 0.5) is 16.2 Å². The number of amides is 2. The first kappa shape index (κ1) is 17.5. The zero-order chi connectivity index (χ0) is 18.7. The van der Waals surface area contributed by atoms with E-state index in [1.807, 2.05) is 0 Å². The molecule has 1 aliphatic rings. The summed E-state index contributed by atoms with van der Waals surface area (Å²) in [6.45, 7) is 0.375. The number of non-ortho nitro benzene ring substituents is 1. The number of anilines is 1. The summed E-state index contributed by atoms with van der Waals surface area (Å²) in [6, 6.07) is 10.6. The van der Waals surface area contributed by atoms with Crippen LogP contribution in [0.5, 0.6) is 11.5 Å². The molecule has 2 N–H and O–H groups in total. The molecule has 0 bridgehead atoms. The molecule has 1 fully saturated rings. The van der Waals surface area contributed by atoms with Crippen molar-refractivity contribution in [2.45, 2.75) is 25.4 Å². The summed E-state index contributed by atoms with van der Waals surface area (Å²) in [5.74, 6) is 0.401. The molecular weight excluding hydrogens is 338 g/mol. The molecule has 2 amide bonds. The van der Waals surface area contributed by atoms with Crippen molar-refractivity contribution in [2.24, 2.45) is 0 Å². The fourth-order valence-electron chi connectivity index (χ4n) is 2.63. The molecule has 136 valence electrons. The Balaban J connectivity index is 1.71. The molecule has 1 aliphatic carbocycles. The van der Waals surface area contributed by atoms with Crippen molar-refractivity contribution in [2.75, 3.05) is 12.4 Å². The lowest BCUT2D eigenvalue weighted by molar-refractivity contribution is -0.384. The maximum Gasteiger partial charge on any atom is 0.322 e. The maximum absolute atomic E-state index is 12.6. The summed E-state index contributed by atoms with van der Waals surface area (Å²) < 4.78 is 5.11. The number of nitro benzene ring substituents is 1. The molecule has 2 aromatic rings. The van der Waals surface area contributed by atoms with Gasteiger partial charge in [-0.2, -0.15) is 0 Å². The third-order valence-electron chi connectivity index (χ3n) is 4.17. The Morgan fingerprint density at radius 1 is 1.31 bits per heavy atom. The minimum absolute atomic E-state index is 0.0294. The Morgan fingerprint density at radius 2 is 2.00 bits per heavy atom. The van der Waals surface area contributed by atoms with E-state index in [0.717, 1.165) is 18.4 Å². The number of methoxy groups -OCH3 is 1. The smallest absolute Gasteiger partial charge is 0.322 e. The van der Waals surface area contributed by atoms with Crippen LogP contribution in [-0.2, 0) is 6.54 Å². The summed E-state index contributed by atoms with van der Waals surface area (Å²) in [7, 11) is 1.47. The van der Waals surface area contributed by atoms with Gasteiger partial charge in [-0.3, -0.25) is 10.1 Å². The lowest BCUT2D eigenvalue weighted by atomic mass is 10.2. The zero-order valence-electron chi connectivity index (χ0n) is 14.2. The number of nitrogens with one attached hydrogen (secondary N) is 1. The van der Waals surface area contributed by atoms with Gasteiger partial charge in [0.2, 0.25) is 0 Å². The van der Waals surface area contributed by atoms with Crippen LogP contribution < -0.4 is 10.1 Å². The van der Waals surface area contributed by atoms with E-state index in [0.29, 0.717) is 18.0 Å². The summed E-state index contributed by atoms with van der Waals surface area (Å²) in [5.41, 5.74) is 1.30. The predicted molar refractivity (Wildman–Crippen MR) is 95.3 cm³/mol. The maximum atomic E-state index is 12.6. The van der Waals surface area contributed by atoms with E-state index >= 15 is 0 Å². The number of hydrogen-bond donors (Lipinski definition) is 2. The molecule has 0 saturated heterocycles. The summed E-state index contributed by atoms with van der Waals surface area (Å²) >= 11 is 0. The minimum atomic E-state index is -0.486. The van der Waals surface area contributed by atoms with Gasteiger partial charge in [-0.05, 0) is 42.7 Å². The van der Waals surface area contributed by atoms with Gasteiger partial charge in [-0.15, -0.1) is 0 Å². The van der Waals surface area contributed by atoms with E-state index in [4.69, 9.17) is 4.74 Å². The van der Waals surface area contributed by atoms with Crippen molar-refractivity contribution in [1.29, 1.82) is 0 Å². The van der Waals surface area contributed by atoms with Crippen molar-refractivity contribution in [1.82, 2.24) is 4.90 Å². The number of hydrogen-bond acceptors (Lipinski definition) is 5. The van der Waals surface area contributed by atoms with Gasteiger partial charge in [0.25, 0.3) is 5.69 Å². The van der Waals surface area contributed by atoms with E-state index in [1.54, 1.807) is 17.0 Å². The van der Waals surface area contributed by atoms with Gasteiger partial charge in [0, 0.05) is 30.4 Å². The van der Waals surface area contributed by atoms with Gasteiger partial charge < -0.3 is 20.1 Å². The van der Waals surface area contributed by atoms with Gasteiger partial charge in [-0.25, -0.2) is 4.79 Å². The number of carbonyl (C=O) groups is 1. The lowest BCUT2D eigenvalue weighted by Crippen LogP contribution is -2.36. The summed E-state index contributed by atoms with van der Waals surface area (Å²) in [6.07, 6.45) is 1.87. The van der Waals surface area contributed by atoms with Crippen molar-refractivity contribution >= 4 is 17.4 Å². The summed E-state index contributed by atoms with van der Waals surface area (Å²) in [5, 5.41) is 23.2. The van der Waals surface area contributed by atoms with Crippen molar-refractivity contribution < 1.29 is 19.6 Å². The number of urea groups is 1. The van der Waals surface area contributed by atoms with Gasteiger partial charge in [0.1, 0.15) is 0 Å². The Morgan fingerprint density at radius 3 is 2.58 bits per heavy atom. The monoisotopic (exact) mass is 357 g/mol. The molecule has 0 unspecified atom stereocenters. The second-order valence-corrected chi connectivity index (χ2v) is 6.10. The molecule has 0 aromatic heterocycles. The number of benzene rings is 2. The summed E-state index contributed by atoms with van der Waals surface area (Å²) in [4.78, 5) is 24.6. The average molecular weight is 357 g/mol. The van der Waals surface area contributed by atoms with Crippen LogP contribution in [0.25, 0.3) is 0 Å². The number of nitrogens with zero attached hydrogens (tertiary/aromatic N) is 2. The van der Waals surface area contributed by atoms with Crippen LogP contribution in [0, 0.1) is 10.1 Å². The first-order valence-corrected chi connectivity index (χ1v) is 8.16. The third-order valence-corrected chi connectivity index (χ3v) is 4.17. The molecule has 8 nitrogen and oxygen atoms in total. The molecule has 26 heavy (non-hydrogen) atoms. The SMILES string of the molecule is COc1cc(CN(C(=O)Nc2ccc([N+](=O)[O-])cc2)C2CC2)ccc1O. The van der Waals surface area contributed by atoms with Crippen molar-refractivity contribution in [3.63, 3.8) is 0 Å². The molecule has 0 heterocycles. The number of aromatic hydroxyl groups is 1. The fourth-order valence-corrected chi connectivity index (χ4v) is 2.63. The number of nitro groups is 1. The Labute approximate surface area is 150 Å². The highest BCUT2D eigenvalue weighted by Crippen LogP contribution is 2.31. The van der Waals surface area contributed by atoms with Crippen molar-refractivity contribution in [3.05, 3.63) is 58.1 Å². The molecule has 0 spiro atoms. The second-order valence-electron chi connectivity index (χ2n) is 6.10. The highest BCUT2D eigenvalue weighted by atomic mass is 16.6. The number of phenols is 1. The first-order valence-electron chi connectivity index (χ1n) is 8.16. The highest BCUT2D eigenvalue weighted by molar-refractivity contribution is 5.89. The zero-order valence-corrected chi connectivity index (χ0v) is 14.2. The Bertz CT molecular complexity index is 818. The molecule has 3 rings (SSSR count). The molecule has 0 aliphatic heterocycles. The van der Waals surface area contributed by atoms with Crippen LogP contribution in [0.15, 0.2) is 42.5 Å². The Kier molecular flexibility index (Phi) is 4.92. The van der Waals surface area contributed by atoms with Crippen LogP contribution >= 0.6 is 0 Å². The second kappa shape index (κ2) is 7.30. The fraction of sp³-hybridized carbons (Fsp3) is 0.278. The van der Waals surface area contributed by atoms with E-state index in [2.05, 4.69) is 5.32 Å². The number of rotatable bonds is 6. The molecular formula is C18H19N3O5. The highest BCUT2D eigenvalue weighted by Gasteiger charge is 2.32. The van der Waals surface area contributed by atoms with E-state index < -0.39 is 4.92 Å². The topological polar surface area (TPSA) is 105 Å². The molecule has 8 heteroatoms. The predicted octanol–water partition coefficient (Wildman–Crippen LogP) is 3.51. The number of carbonyl (C=O) groups excluding carboxylic acids is 1. The average Bonchev–Trinajstić information content (AvgIpc) is 3.46. The molecule has 0 atom stereocenters. The molecule has 0 radical (unpaired) electrons. The minimum Gasteiger partial charge on any atom is -0.504 e. The van der Waals surface area contributed by atoms with Gasteiger partial charge in [0.05, 0.1) is 12.0 Å². The number of phenolic OH excluding ortho intramolecular Hbond substituents is 1. The quantitative estimate of drug-likeness (QED) is 0.608. The van der Waals surface area contributed by atoms with E-state index in [9.17, 15) is 20.0 Å². The van der Waals surface area contributed by atoms with Crippen LogP contribution in [0.2, 0.25) is 0 Å². The largest absolute Gasteiger partial charge is 0.504 e.